The maximum absolute atomic E-state index is 12.6. The molecule has 0 aliphatic carbocycles. The highest BCUT2D eigenvalue weighted by atomic mass is 32.2. The lowest BCUT2D eigenvalue weighted by molar-refractivity contribution is -0.115. The molecular weight excluding hydrogens is 342 g/mol. The molecule has 3 aromatic rings. The lowest BCUT2D eigenvalue weighted by Gasteiger charge is -2.05. The minimum absolute atomic E-state index is 0.194. The van der Waals surface area contributed by atoms with Gasteiger partial charge in [-0.05, 0) is 23.8 Å². The van der Waals surface area contributed by atoms with Gasteiger partial charge in [-0.2, -0.15) is 0 Å². The molecule has 0 saturated carbocycles. The van der Waals surface area contributed by atoms with Crippen molar-refractivity contribution in [1.82, 2.24) is 4.98 Å². The molecule has 0 fully saturated rings. The Morgan fingerprint density at radius 1 is 1.21 bits per heavy atom. The van der Waals surface area contributed by atoms with Crippen LogP contribution in [0.3, 0.4) is 0 Å². The van der Waals surface area contributed by atoms with Gasteiger partial charge in [0.15, 0.2) is 5.13 Å². The minimum Gasteiger partial charge on any atom is -0.369 e. The van der Waals surface area contributed by atoms with Crippen molar-refractivity contribution >= 4 is 50.8 Å². The summed E-state index contributed by atoms with van der Waals surface area (Å²) in [6, 6.07) is 13.4. The fraction of sp³-hybridized carbons (Fsp3) is 0.118. The van der Waals surface area contributed by atoms with Crippen LogP contribution in [0.4, 0.5) is 5.13 Å². The van der Waals surface area contributed by atoms with Gasteiger partial charge < -0.3 is 5.73 Å². The third-order valence-corrected chi connectivity index (χ3v) is 5.81. The van der Waals surface area contributed by atoms with E-state index < -0.39 is 0 Å². The SMILES string of the molecule is Cc1nc(NC(=O)c2cccc3ccccc23)sc1SCC(N)=O. The number of rotatable bonds is 5. The summed E-state index contributed by atoms with van der Waals surface area (Å²) in [7, 11) is 0. The summed E-state index contributed by atoms with van der Waals surface area (Å²) in [5, 5.41) is 5.26. The number of thiazole rings is 1. The average molecular weight is 357 g/mol. The highest BCUT2D eigenvalue weighted by Crippen LogP contribution is 2.32. The van der Waals surface area contributed by atoms with Gasteiger partial charge in [0.1, 0.15) is 0 Å². The van der Waals surface area contributed by atoms with Gasteiger partial charge in [0.2, 0.25) is 5.91 Å². The minimum atomic E-state index is -0.380. The molecule has 3 rings (SSSR count). The predicted octanol–water partition coefficient (Wildman–Crippen LogP) is 3.43. The average Bonchev–Trinajstić information content (AvgIpc) is 2.91. The van der Waals surface area contributed by atoms with Gasteiger partial charge in [-0.15, -0.1) is 11.8 Å². The Kier molecular flexibility index (Phi) is 4.82. The molecular formula is C17H15N3O2S2. The summed E-state index contributed by atoms with van der Waals surface area (Å²) in [6.07, 6.45) is 0. The Morgan fingerprint density at radius 2 is 1.96 bits per heavy atom. The van der Waals surface area contributed by atoms with Gasteiger partial charge >= 0.3 is 0 Å². The summed E-state index contributed by atoms with van der Waals surface area (Å²) in [5.41, 5.74) is 6.54. The van der Waals surface area contributed by atoms with E-state index in [2.05, 4.69) is 10.3 Å². The fourth-order valence-corrected chi connectivity index (χ4v) is 4.17. The van der Waals surface area contributed by atoms with Gasteiger partial charge in [-0.25, -0.2) is 4.98 Å². The van der Waals surface area contributed by atoms with Crippen molar-refractivity contribution < 1.29 is 9.59 Å². The van der Waals surface area contributed by atoms with Crippen LogP contribution in [0.2, 0.25) is 0 Å². The number of nitrogens with one attached hydrogen (secondary N) is 1. The van der Waals surface area contributed by atoms with Crippen molar-refractivity contribution in [3.8, 4) is 0 Å². The zero-order valence-corrected chi connectivity index (χ0v) is 14.5. The molecule has 0 spiro atoms. The van der Waals surface area contributed by atoms with Crippen LogP contribution >= 0.6 is 23.1 Å². The first-order valence-corrected chi connectivity index (χ1v) is 9.02. The first kappa shape index (κ1) is 16.5. The molecule has 0 aliphatic rings. The molecule has 3 N–H and O–H groups in total. The molecule has 0 bridgehead atoms. The predicted molar refractivity (Wildman–Crippen MR) is 98.7 cm³/mol. The van der Waals surface area contributed by atoms with E-state index in [4.69, 9.17) is 5.73 Å². The molecule has 0 atom stereocenters. The molecule has 0 aliphatic heterocycles. The standard InChI is InChI=1S/C17H15N3O2S2/c1-10-16(23-9-14(18)21)24-17(19-10)20-15(22)13-8-4-6-11-5-2-3-7-12(11)13/h2-8H,9H2,1H3,(H2,18,21)(H,19,20,22). The molecule has 122 valence electrons. The van der Waals surface area contributed by atoms with Crippen LogP contribution in [0.1, 0.15) is 16.1 Å². The molecule has 24 heavy (non-hydrogen) atoms. The third-order valence-electron chi connectivity index (χ3n) is 3.35. The number of nitrogens with two attached hydrogens (primary N) is 1. The largest absolute Gasteiger partial charge is 0.369 e. The Hall–Kier alpha value is -2.38. The lowest BCUT2D eigenvalue weighted by atomic mass is 10.0. The Balaban J connectivity index is 1.82. The number of carbonyl (C=O) groups is 2. The third kappa shape index (κ3) is 3.58. The van der Waals surface area contributed by atoms with Crippen LogP contribution in [-0.2, 0) is 4.79 Å². The summed E-state index contributed by atoms with van der Waals surface area (Å²) < 4.78 is 0.877. The number of carbonyl (C=O) groups excluding carboxylic acids is 2. The highest BCUT2D eigenvalue weighted by Gasteiger charge is 2.14. The first-order valence-electron chi connectivity index (χ1n) is 7.22. The van der Waals surface area contributed by atoms with E-state index in [-0.39, 0.29) is 17.6 Å². The van der Waals surface area contributed by atoms with Crippen molar-refractivity contribution in [2.24, 2.45) is 5.73 Å². The van der Waals surface area contributed by atoms with Gasteiger partial charge in [-0.1, -0.05) is 47.7 Å². The fourth-order valence-electron chi connectivity index (χ4n) is 2.29. The molecule has 7 heteroatoms. The monoisotopic (exact) mass is 357 g/mol. The van der Waals surface area contributed by atoms with E-state index >= 15 is 0 Å². The van der Waals surface area contributed by atoms with Gasteiger partial charge in [0, 0.05) is 5.56 Å². The van der Waals surface area contributed by atoms with Crippen molar-refractivity contribution in [2.45, 2.75) is 11.1 Å². The second kappa shape index (κ2) is 7.02. The lowest BCUT2D eigenvalue weighted by Crippen LogP contribution is -2.12. The van der Waals surface area contributed by atoms with Gasteiger partial charge in [-0.3, -0.25) is 14.9 Å². The highest BCUT2D eigenvalue weighted by molar-refractivity contribution is 8.01. The number of aromatic nitrogens is 1. The smallest absolute Gasteiger partial charge is 0.258 e. The summed E-state index contributed by atoms with van der Waals surface area (Å²) in [5.74, 6) is -0.388. The van der Waals surface area contributed by atoms with E-state index in [0.29, 0.717) is 10.7 Å². The van der Waals surface area contributed by atoms with Crippen LogP contribution < -0.4 is 11.1 Å². The number of benzene rings is 2. The number of primary amides is 1. The van der Waals surface area contributed by atoms with Crippen molar-refractivity contribution in [2.75, 3.05) is 11.1 Å². The van der Waals surface area contributed by atoms with Crippen LogP contribution in [0.15, 0.2) is 46.7 Å². The van der Waals surface area contributed by atoms with Crippen molar-refractivity contribution in [3.63, 3.8) is 0 Å². The molecule has 2 aromatic carbocycles. The van der Waals surface area contributed by atoms with Crippen LogP contribution in [-0.4, -0.2) is 22.6 Å². The molecule has 0 radical (unpaired) electrons. The van der Waals surface area contributed by atoms with Crippen molar-refractivity contribution in [1.29, 1.82) is 0 Å². The number of hydrogen-bond donors (Lipinski definition) is 2. The Bertz CT molecular complexity index is 916. The normalized spacial score (nSPS) is 10.7. The van der Waals surface area contributed by atoms with Crippen LogP contribution in [0, 0.1) is 6.92 Å². The number of anilines is 1. The Morgan fingerprint density at radius 3 is 2.75 bits per heavy atom. The summed E-state index contributed by atoms with van der Waals surface area (Å²) >= 11 is 2.67. The van der Waals surface area contributed by atoms with Crippen molar-refractivity contribution in [3.05, 3.63) is 53.7 Å². The van der Waals surface area contributed by atoms with Gasteiger partial charge in [0.05, 0.1) is 15.7 Å². The van der Waals surface area contributed by atoms with E-state index in [1.54, 1.807) is 6.07 Å². The van der Waals surface area contributed by atoms with E-state index in [1.165, 1.54) is 23.1 Å². The van der Waals surface area contributed by atoms with E-state index in [9.17, 15) is 9.59 Å². The number of hydrogen-bond acceptors (Lipinski definition) is 5. The van der Waals surface area contributed by atoms with Gasteiger partial charge in [0.25, 0.3) is 5.91 Å². The maximum atomic E-state index is 12.6. The quantitative estimate of drug-likeness (QED) is 0.685. The summed E-state index contributed by atoms with van der Waals surface area (Å²) in [4.78, 5) is 27.8. The molecule has 0 saturated heterocycles. The number of nitrogens with zero attached hydrogens (tertiary/aromatic N) is 1. The topological polar surface area (TPSA) is 85.1 Å². The second-order valence-electron chi connectivity index (χ2n) is 5.13. The molecule has 2 amide bonds. The molecule has 1 aromatic heterocycles. The second-order valence-corrected chi connectivity index (χ2v) is 7.37. The first-order chi connectivity index (χ1) is 11.5. The molecule has 0 unspecified atom stereocenters. The Labute approximate surface area is 147 Å². The maximum Gasteiger partial charge on any atom is 0.258 e. The molecule has 5 nitrogen and oxygen atoms in total. The van der Waals surface area contributed by atoms with E-state index in [0.717, 1.165) is 20.7 Å². The zero-order chi connectivity index (χ0) is 17.1. The number of thioether (sulfide) groups is 1. The number of fused-ring (bicyclic) bond motifs is 1. The molecule has 1 heterocycles. The van der Waals surface area contributed by atoms with E-state index in [1.807, 2.05) is 43.3 Å². The van der Waals surface area contributed by atoms with Crippen LogP contribution in [0.25, 0.3) is 10.8 Å². The summed E-state index contributed by atoms with van der Waals surface area (Å²) in [6.45, 7) is 1.84. The zero-order valence-electron chi connectivity index (χ0n) is 12.9. The number of aryl methyl sites for hydroxylation is 1. The number of amides is 2. The van der Waals surface area contributed by atoms with Crippen LogP contribution in [0.5, 0.6) is 0 Å².